The quantitative estimate of drug-likeness (QED) is 0.373. The first kappa shape index (κ1) is 22.8. The Kier molecular flexibility index (Phi) is 6.80. The van der Waals surface area contributed by atoms with Crippen LogP contribution in [0.15, 0.2) is 91.0 Å². The van der Waals surface area contributed by atoms with E-state index in [2.05, 4.69) is 96.7 Å². The lowest BCUT2D eigenvalue weighted by Gasteiger charge is -2.54. The van der Waals surface area contributed by atoms with Gasteiger partial charge in [-0.3, -0.25) is 9.80 Å². The molecule has 0 aromatic heterocycles. The maximum absolute atomic E-state index is 13.7. The zero-order valence-electron chi connectivity index (χ0n) is 20.1. The fourth-order valence-electron chi connectivity index (χ4n) is 5.53. The molecule has 0 unspecified atom stereocenters. The Balaban J connectivity index is 1.44. The Bertz CT molecular complexity index is 1020. The third-order valence-electron chi connectivity index (χ3n) is 7.09. The lowest BCUT2D eigenvalue weighted by molar-refractivity contribution is -0.225. The Hall–Kier alpha value is -2.95. The highest BCUT2D eigenvalue weighted by molar-refractivity contribution is 5.88. The molecule has 0 radical (unpaired) electrons. The predicted octanol–water partition coefficient (Wildman–Crippen LogP) is 6.32. The summed E-state index contributed by atoms with van der Waals surface area (Å²) in [7, 11) is 0. The van der Waals surface area contributed by atoms with Gasteiger partial charge in [-0.15, -0.1) is 0 Å². The molecule has 0 N–H and O–H groups in total. The highest BCUT2D eigenvalue weighted by atomic mass is 16.5. The van der Waals surface area contributed by atoms with Crippen molar-refractivity contribution in [3.8, 4) is 0 Å². The summed E-state index contributed by atoms with van der Waals surface area (Å²) in [5.74, 6) is 0.557. The van der Waals surface area contributed by atoms with Crippen molar-refractivity contribution in [2.75, 3.05) is 0 Å². The third kappa shape index (κ3) is 4.53. The Morgan fingerprint density at radius 2 is 1.29 bits per heavy atom. The van der Waals surface area contributed by atoms with Crippen LogP contribution >= 0.6 is 0 Å². The number of benzene rings is 3. The van der Waals surface area contributed by atoms with Crippen LogP contribution in [0.25, 0.3) is 0 Å². The van der Waals surface area contributed by atoms with E-state index in [1.165, 1.54) is 11.1 Å². The summed E-state index contributed by atoms with van der Waals surface area (Å²) in [6, 6.07) is 31.8. The van der Waals surface area contributed by atoms with Gasteiger partial charge in [0, 0.05) is 0 Å². The molecule has 0 bridgehead atoms. The zero-order valence-corrected chi connectivity index (χ0v) is 20.1. The summed E-state index contributed by atoms with van der Waals surface area (Å²) in [5, 5.41) is 4.43. The second-order valence-electron chi connectivity index (χ2n) is 9.91. The summed E-state index contributed by atoms with van der Waals surface area (Å²) in [6.07, 6.45) is 2.58. The minimum absolute atomic E-state index is 0.0479. The topological polar surface area (TPSA) is 32.8 Å². The van der Waals surface area contributed by atoms with Gasteiger partial charge in [0.15, 0.2) is 6.10 Å². The lowest BCUT2D eigenvalue weighted by Crippen LogP contribution is -2.71. The van der Waals surface area contributed by atoms with Crippen LogP contribution in [0.1, 0.15) is 61.9 Å². The summed E-state index contributed by atoms with van der Waals surface area (Å²) in [4.78, 5) is 13.7. The van der Waals surface area contributed by atoms with Gasteiger partial charge in [-0.2, -0.15) is 0 Å². The number of hydrazine groups is 1. The molecule has 3 aromatic rings. The molecular weight excluding hydrogens is 420 g/mol. The lowest BCUT2D eigenvalue weighted by atomic mass is 9.90. The van der Waals surface area contributed by atoms with Gasteiger partial charge in [0.2, 0.25) is 0 Å². The van der Waals surface area contributed by atoms with Crippen molar-refractivity contribution >= 4 is 5.91 Å². The molecule has 34 heavy (non-hydrogen) atoms. The van der Waals surface area contributed by atoms with E-state index in [-0.39, 0.29) is 24.0 Å². The molecule has 2 aliphatic heterocycles. The van der Waals surface area contributed by atoms with Gasteiger partial charge >= 0.3 is 0 Å². The van der Waals surface area contributed by atoms with E-state index in [4.69, 9.17) is 4.74 Å². The second-order valence-corrected chi connectivity index (χ2v) is 9.91. The molecule has 2 saturated heterocycles. The summed E-state index contributed by atoms with van der Waals surface area (Å²) < 4.78 is 6.24. The number of carbonyl (C=O) groups excluding carboxylic acids is 1. The minimum atomic E-state index is -0.393. The van der Waals surface area contributed by atoms with Gasteiger partial charge < -0.3 is 4.74 Å². The second kappa shape index (κ2) is 10.1. The van der Waals surface area contributed by atoms with Crippen LogP contribution in [0.5, 0.6) is 0 Å². The Morgan fingerprint density at radius 3 is 1.79 bits per heavy atom. The number of amides is 1. The molecule has 4 heteroatoms. The van der Waals surface area contributed by atoms with Crippen LogP contribution in [0.3, 0.4) is 0 Å². The van der Waals surface area contributed by atoms with Crippen molar-refractivity contribution in [1.29, 1.82) is 0 Å². The Morgan fingerprint density at radius 1 is 0.794 bits per heavy atom. The Labute approximate surface area is 203 Å². The van der Waals surface area contributed by atoms with Crippen molar-refractivity contribution < 1.29 is 9.53 Å². The molecule has 2 aliphatic rings. The standard InChI is InChI=1S/C30H34N2O2/c1-22(2)20-28-29(34-21-23-12-6-3-7-13-23)30(33)32(28)31-26(24-14-8-4-9-15-24)18-19-27(31)25-16-10-5-11-17-25/h3-17,22,26-29H,18-21H2,1-2H3/t26-,27-,28-,29+/m0/s1. The third-order valence-corrected chi connectivity index (χ3v) is 7.09. The molecule has 176 valence electrons. The summed E-state index contributed by atoms with van der Waals surface area (Å²) in [5.41, 5.74) is 3.64. The van der Waals surface area contributed by atoms with Crippen LogP contribution in [0, 0.1) is 5.92 Å². The predicted molar refractivity (Wildman–Crippen MR) is 135 cm³/mol. The van der Waals surface area contributed by atoms with Crippen LogP contribution in [0.4, 0.5) is 0 Å². The largest absolute Gasteiger partial charge is 0.361 e. The zero-order chi connectivity index (χ0) is 23.5. The molecule has 0 saturated carbocycles. The van der Waals surface area contributed by atoms with E-state index in [1.807, 2.05) is 18.2 Å². The number of hydrogen-bond acceptors (Lipinski definition) is 3. The molecule has 4 nitrogen and oxygen atoms in total. The average Bonchev–Trinajstić information content (AvgIpc) is 3.29. The molecule has 1 amide bonds. The van der Waals surface area contributed by atoms with Crippen molar-refractivity contribution in [3.63, 3.8) is 0 Å². The molecule has 3 aromatic carbocycles. The maximum Gasteiger partial charge on any atom is 0.268 e. The van der Waals surface area contributed by atoms with E-state index in [1.54, 1.807) is 0 Å². The first-order valence-corrected chi connectivity index (χ1v) is 12.5. The molecule has 2 fully saturated rings. The SMILES string of the molecule is CC(C)C[C@H]1[C@@H](OCc2ccccc2)C(=O)N1N1[C@H](c2ccccc2)CC[C@H]1c1ccccc1. The number of ether oxygens (including phenoxy) is 1. The summed E-state index contributed by atoms with van der Waals surface area (Å²) >= 11 is 0. The summed E-state index contributed by atoms with van der Waals surface area (Å²) in [6.45, 7) is 4.91. The number of nitrogens with zero attached hydrogens (tertiary/aromatic N) is 2. The highest BCUT2D eigenvalue weighted by Gasteiger charge is 2.55. The van der Waals surface area contributed by atoms with E-state index >= 15 is 0 Å². The van der Waals surface area contributed by atoms with Crippen molar-refractivity contribution in [2.24, 2.45) is 5.92 Å². The number of carbonyl (C=O) groups is 1. The fraction of sp³-hybridized carbons (Fsp3) is 0.367. The average molecular weight is 455 g/mol. The maximum atomic E-state index is 13.7. The smallest absolute Gasteiger partial charge is 0.268 e. The first-order valence-electron chi connectivity index (χ1n) is 12.5. The highest BCUT2D eigenvalue weighted by Crippen LogP contribution is 2.48. The van der Waals surface area contributed by atoms with Crippen molar-refractivity contribution in [1.82, 2.24) is 10.0 Å². The van der Waals surface area contributed by atoms with Crippen LogP contribution in [-0.2, 0) is 16.1 Å². The van der Waals surface area contributed by atoms with Crippen LogP contribution in [0.2, 0.25) is 0 Å². The first-order chi connectivity index (χ1) is 16.6. The number of β-lactam (4-membered cyclic amide) rings is 1. The molecule has 4 atom stereocenters. The number of rotatable bonds is 8. The van der Waals surface area contributed by atoms with Gasteiger partial charge in [-0.05, 0) is 41.9 Å². The van der Waals surface area contributed by atoms with E-state index in [0.717, 1.165) is 24.8 Å². The van der Waals surface area contributed by atoms with Gasteiger partial charge in [-0.25, -0.2) is 5.01 Å². The van der Waals surface area contributed by atoms with E-state index in [9.17, 15) is 4.79 Å². The van der Waals surface area contributed by atoms with E-state index in [0.29, 0.717) is 12.5 Å². The van der Waals surface area contributed by atoms with Gasteiger partial charge in [0.25, 0.3) is 5.91 Å². The van der Waals surface area contributed by atoms with Gasteiger partial charge in [0.1, 0.15) is 0 Å². The normalized spacial score (nSPS) is 25.0. The fourth-order valence-corrected chi connectivity index (χ4v) is 5.53. The van der Waals surface area contributed by atoms with Crippen molar-refractivity contribution in [2.45, 2.75) is 63.9 Å². The molecule has 2 heterocycles. The minimum Gasteiger partial charge on any atom is -0.361 e. The van der Waals surface area contributed by atoms with Crippen LogP contribution < -0.4 is 0 Å². The monoisotopic (exact) mass is 454 g/mol. The molecule has 5 rings (SSSR count). The van der Waals surface area contributed by atoms with Gasteiger partial charge in [0.05, 0.1) is 24.7 Å². The molecule has 0 spiro atoms. The molecule has 0 aliphatic carbocycles. The van der Waals surface area contributed by atoms with E-state index < -0.39 is 6.10 Å². The van der Waals surface area contributed by atoms with Gasteiger partial charge in [-0.1, -0.05) is 105 Å². The van der Waals surface area contributed by atoms with Crippen LogP contribution in [-0.4, -0.2) is 28.1 Å². The number of hydrogen-bond donors (Lipinski definition) is 0. The van der Waals surface area contributed by atoms with Crippen molar-refractivity contribution in [3.05, 3.63) is 108 Å². The molecular formula is C30H34N2O2.